The van der Waals surface area contributed by atoms with Gasteiger partial charge in [-0.05, 0) is 36.5 Å². The van der Waals surface area contributed by atoms with Crippen molar-refractivity contribution in [1.82, 2.24) is 0 Å². The van der Waals surface area contributed by atoms with Crippen molar-refractivity contribution in [3.8, 4) is 5.75 Å². The summed E-state index contributed by atoms with van der Waals surface area (Å²) in [5.74, 6) is -0.831. The van der Waals surface area contributed by atoms with Gasteiger partial charge in [0.2, 0.25) is 0 Å². The highest BCUT2D eigenvalue weighted by molar-refractivity contribution is 5.75. The fourth-order valence-corrected chi connectivity index (χ4v) is 2.03. The van der Waals surface area contributed by atoms with Crippen LogP contribution >= 0.6 is 0 Å². The Balaban J connectivity index is 2.76. The summed E-state index contributed by atoms with van der Waals surface area (Å²) in [4.78, 5) is 11.3. The maximum atomic E-state index is 12.1. The number of methoxy groups -OCH3 is 1. The zero-order valence-electron chi connectivity index (χ0n) is 11.8. The van der Waals surface area contributed by atoms with Crippen LogP contribution < -0.4 is 10.5 Å². The molecular formula is C14H18F3NO3. The largest absolute Gasteiger partial charge is 0.573 e. The topological polar surface area (TPSA) is 61.6 Å². The molecule has 2 N–H and O–H groups in total. The van der Waals surface area contributed by atoms with E-state index in [9.17, 15) is 18.0 Å². The molecule has 4 nitrogen and oxygen atoms in total. The summed E-state index contributed by atoms with van der Waals surface area (Å²) in [7, 11) is 1.26. The number of hydrogen-bond acceptors (Lipinski definition) is 4. The third-order valence-corrected chi connectivity index (χ3v) is 3.12. The number of esters is 1. The van der Waals surface area contributed by atoms with Gasteiger partial charge in [0.05, 0.1) is 7.11 Å². The summed E-state index contributed by atoms with van der Waals surface area (Å²) in [6.07, 6.45) is -3.65. The third kappa shape index (κ3) is 5.63. The van der Waals surface area contributed by atoms with Crippen molar-refractivity contribution in [3.63, 3.8) is 0 Å². The van der Waals surface area contributed by atoms with Gasteiger partial charge in [-0.1, -0.05) is 19.1 Å². The Kier molecular flexibility index (Phi) is 6.02. The number of carbonyl (C=O) groups is 1. The summed E-state index contributed by atoms with van der Waals surface area (Å²) in [6, 6.07) is 4.81. The van der Waals surface area contributed by atoms with Crippen LogP contribution in [0.3, 0.4) is 0 Å². The molecule has 0 fully saturated rings. The summed E-state index contributed by atoms with van der Waals surface area (Å²) >= 11 is 0. The third-order valence-electron chi connectivity index (χ3n) is 3.12. The molecule has 0 spiro atoms. The number of ether oxygens (including phenoxy) is 2. The monoisotopic (exact) mass is 305 g/mol. The second-order valence-corrected chi connectivity index (χ2v) is 4.59. The van der Waals surface area contributed by atoms with Crippen molar-refractivity contribution in [2.45, 2.75) is 38.1 Å². The summed E-state index contributed by atoms with van der Waals surface area (Å²) in [5.41, 5.74) is 6.50. The number of nitrogens with two attached hydrogens (primary N) is 1. The van der Waals surface area contributed by atoms with E-state index in [1.807, 2.05) is 6.92 Å². The van der Waals surface area contributed by atoms with Crippen LogP contribution in [0.5, 0.6) is 5.75 Å². The lowest BCUT2D eigenvalue weighted by atomic mass is 9.90. The van der Waals surface area contributed by atoms with E-state index in [0.717, 1.165) is 5.56 Å². The molecule has 0 aliphatic heterocycles. The molecule has 0 saturated heterocycles. The van der Waals surface area contributed by atoms with Gasteiger partial charge >= 0.3 is 12.3 Å². The maximum Gasteiger partial charge on any atom is 0.573 e. The number of benzene rings is 1. The maximum absolute atomic E-state index is 12.1. The molecule has 0 aliphatic rings. The minimum atomic E-state index is -4.71. The number of alkyl halides is 3. The quantitative estimate of drug-likeness (QED) is 0.821. The first kappa shape index (κ1) is 17.3. The number of halogens is 3. The molecular weight excluding hydrogens is 287 g/mol. The Hall–Kier alpha value is -1.76. The van der Waals surface area contributed by atoms with Gasteiger partial charge in [0.15, 0.2) is 0 Å². The van der Waals surface area contributed by atoms with Crippen molar-refractivity contribution >= 4 is 5.97 Å². The Morgan fingerprint density at radius 2 is 1.86 bits per heavy atom. The molecule has 0 radical (unpaired) electrons. The van der Waals surface area contributed by atoms with Crippen LogP contribution in [0.15, 0.2) is 24.3 Å². The van der Waals surface area contributed by atoms with Crippen LogP contribution in [-0.2, 0) is 9.53 Å². The predicted octanol–water partition coefficient (Wildman–Crippen LogP) is 2.97. The molecule has 0 bridgehead atoms. The van der Waals surface area contributed by atoms with E-state index in [1.165, 1.54) is 19.2 Å². The van der Waals surface area contributed by atoms with Crippen molar-refractivity contribution in [2.75, 3.05) is 7.11 Å². The van der Waals surface area contributed by atoms with E-state index in [4.69, 9.17) is 5.73 Å². The van der Waals surface area contributed by atoms with E-state index >= 15 is 0 Å². The number of carbonyl (C=O) groups excluding carboxylic acids is 1. The van der Waals surface area contributed by atoms with Gasteiger partial charge in [-0.2, -0.15) is 0 Å². The molecule has 2 atom stereocenters. The SMILES string of the molecule is CCC(CC(N)C(=O)OC)c1ccc(OC(F)(F)F)cc1. The fourth-order valence-electron chi connectivity index (χ4n) is 2.03. The van der Waals surface area contributed by atoms with E-state index in [1.54, 1.807) is 12.1 Å². The van der Waals surface area contributed by atoms with Gasteiger partial charge in [0, 0.05) is 0 Å². The van der Waals surface area contributed by atoms with Crippen LogP contribution in [0.1, 0.15) is 31.2 Å². The van der Waals surface area contributed by atoms with Crippen LogP contribution in [0.4, 0.5) is 13.2 Å². The van der Waals surface area contributed by atoms with E-state index < -0.39 is 18.4 Å². The fraction of sp³-hybridized carbons (Fsp3) is 0.500. The Morgan fingerprint density at radius 3 is 2.29 bits per heavy atom. The molecule has 1 rings (SSSR count). The van der Waals surface area contributed by atoms with Gasteiger partial charge in [0.1, 0.15) is 11.8 Å². The van der Waals surface area contributed by atoms with Gasteiger partial charge in [-0.25, -0.2) is 0 Å². The highest BCUT2D eigenvalue weighted by Crippen LogP contribution is 2.28. The molecule has 0 amide bonds. The molecule has 7 heteroatoms. The van der Waals surface area contributed by atoms with Gasteiger partial charge in [-0.15, -0.1) is 13.2 Å². The summed E-state index contributed by atoms with van der Waals surface area (Å²) in [5, 5.41) is 0. The smallest absolute Gasteiger partial charge is 0.468 e. The van der Waals surface area contributed by atoms with Crippen molar-refractivity contribution < 1.29 is 27.4 Å². The van der Waals surface area contributed by atoms with E-state index in [-0.39, 0.29) is 11.7 Å². The molecule has 1 aromatic rings. The average molecular weight is 305 g/mol. The van der Waals surface area contributed by atoms with Crippen LogP contribution in [0.25, 0.3) is 0 Å². The number of hydrogen-bond donors (Lipinski definition) is 1. The second kappa shape index (κ2) is 7.31. The predicted molar refractivity (Wildman–Crippen MR) is 70.8 cm³/mol. The lowest BCUT2D eigenvalue weighted by molar-refractivity contribution is -0.274. The summed E-state index contributed by atoms with van der Waals surface area (Å²) < 4.78 is 44.6. The first-order valence-corrected chi connectivity index (χ1v) is 6.46. The number of rotatable bonds is 6. The van der Waals surface area contributed by atoms with Crippen molar-refractivity contribution in [2.24, 2.45) is 5.73 Å². The molecule has 2 unspecified atom stereocenters. The minimum Gasteiger partial charge on any atom is -0.468 e. The highest BCUT2D eigenvalue weighted by atomic mass is 19.4. The summed E-state index contributed by atoms with van der Waals surface area (Å²) in [6.45, 7) is 1.91. The van der Waals surface area contributed by atoms with Crippen LogP contribution in [0.2, 0.25) is 0 Å². The lowest BCUT2D eigenvalue weighted by Gasteiger charge is -2.19. The normalized spacial score (nSPS) is 14.4. The van der Waals surface area contributed by atoms with Gasteiger partial charge in [0.25, 0.3) is 0 Å². The lowest BCUT2D eigenvalue weighted by Crippen LogP contribution is -2.33. The zero-order chi connectivity index (χ0) is 16.0. The minimum absolute atomic E-state index is 0.0426. The molecule has 0 saturated carbocycles. The first-order chi connectivity index (χ1) is 9.76. The van der Waals surface area contributed by atoms with Gasteiger partial charge < -0.3 is 15.2 Å². The van der Waals surface area contributed by atoms with Gasteiger partial charge in [-0.3, -0.25) is 4.79 Å². The van der Waals surface area contributed by atoms with Crippen LogP contribution in [0, 0.1) is 0 Å². The van der Waals surface area contributed by atoms with E-state index in [0.29, 0.717) is 12.8 Å². The molecule has 118 valence electrons. The Labute approximate surface area is 121 Å². The van der Waals surface area contributed by atoms with E-state index in [2.05, 4.69) is 9.47 Å². The standard InChI is InChI=1S/C14H18F3NO3/c1-3-9(8-12(18)13(19)20-2)10-4-6-11(7-5-10)21-14(15,16)17/h4-7,9,12H,3,8,18H2,1-2H3. The average Bonchev–Trinajstić information content (AvgIpc) is 2.43. The highest BCUT2D eigenvalue weighted by Gasteiger charge is 2.31. The van der Waals surface area contributed by atoms with Crippen molar-refractivity contribution in [1.29, 1.82) is 0 Å². The molecule has 0 aromatic heterocycles. The van der Waals surface area contributed by atoms with Crippen LogP contribution in [-0.4, -0.2) is 25.5 Å². The second-order valence-electron chi connectivity index (χ2n) is 4.59. The molecule has 0 aliphatic carbocycles. The first-order valence-electron chi connectivity index (χ1n) is 6.46. The zero-order valence-corrected chi connectivity index (χ0v) is 11.8. The molecule has 1 aromatic carbocycles. The Morgan fingerprint density at radius 1 is 1.29 bits per heavy atom. The molecule has 21 heavy (non-hydrogen) atoms. The Bertz CT molecular complexity index is 460. The van der Waals surface area contributed by atoms with Crippen molar-refractivity contribution in [3.05, 3.63) is 29.8 Å². The molecule has 0 heterocycles.